The van der Waals surface area contributed by atoms with Crippen LogP contribution in [0.4, 0.5) is 4.79 Å². The maximum Gasteiger partial charge on any atom is 0.409 e. The van der Waals surface area contributed by atoms with Crippen molar-refractivity contribution in [2.75, 3.05) is 19.8 Å². The van der Waals surface area contributed by atoms with E-state index < -0.39 is 0 Å². The van der Waals surface area contributed by atoms with Crippen molar-refractivity contribution in [3.63, 3.8) is 0 Å². The van der Waals surface area contributed by atoms with E-state index in [1.54, 1.807) is 18.7 Å². The number of nitrogens with zero attached hydrogens (tertiary/aromatic N) is 1. The van der Waals surface area contributed by atoms with Gasteiger partial charge in [0.05, 0.1) is 13.2 Å². The Kier molecular flexibility index (Phi) is 5.80. The standard InChI is InChI=1S/C12H21NO4/c1-3-16-11(14)8-7-10-6-5-9-13(10)12(15)17-4-2/h10H,3-9H2,1-2H3/t10-/m0/s1. The normalized spacial score (nSPS) is 19.2. The quantitative estimate of drug-likeness (QED) is 0.692. The van der Waals surface area contributed by atoms with Crippen LogP contribution in [0.15, 0.2) is 0 Å². The first-order valence-corrected chi connectivity index (χ1v) is 6.28. The van der Waals surface area contributed by atoms with Gasteiger partial charge < -0.3 is 14.4 Å². The summed E-state index contributed by atoms with van der Waals surface area (Å²) in [6, 6.07) is 0.124. The Hall–Kier alpha value is -1.26. The van der Waals surface area contributed by atoms with E-state index in [9.17, 15) is 9.59 Å². The average Bonchev–Trinajstić information content (AvgIpc) is 2.75. The fourth-order valence-corrected chi connectivity index (χ4v) is 2.10. The van der Waals surface area contributed by atoms with Gasteiger partial charge in [0.2, 0.25) is 0 Å². The molecule has 5 nitrogen and oxygen atoms in total. The lowest BCUT2D eigenvalue weighted by Crippen LogP contribution is -2.36. The molecule has 0 aromatic heterocycles. The lowest BCUT2D eigenvalue weighted by molar-refractivity contribution is -0.143. The number of hydrogen-bond donors (Lipinski definition) is 0. The number of ether oxygens (including phenoxy) is 2. The monoisotopic (exact) mass is 243 g/mol. The van der Waals surface area contributed by atoms with Gasteiger partial charge >= 0.3 is 12.1 Å². The van der Waals surface area contributed by atoms with Crippen LogP contribution in [0.25, 0.3) is 0 Å². The number of hydrogen-bond acceptors (Lipinski definition) is 4. The first kappa shape index (κ1) is 13.8. The third-order valence-corrected chi connectivity index (χ3v) is 2.87. The van der Waals surface area contributed by atoms with Crippen molar-refractivity contribution in [2.24, 2.45) is 0 Å². The lowest BCUT2D eigenvalue weighted by Gasteiger charge is -2.23. The van der Waals surface area contributed by atoms with Gasteiger partial charge in [0, 0.05) is 19.0 Å². The van der Waals surface area contributed by atoms with Crippen molar-refractivity contribution in [1.29, 1.82) is 0 Å². The van der Waals surface area contributed by atoms with E-state index in [4.69, 9.17) is 9.47 Å². The maximum absolute atomic E-state index is 11.6. The number of likely N-dealkylation sites (tertiary alicyclic amines) is 1. The summed E-state index contributed by atoms with van der Waals surface area (Å²) in [5.41, 5.74) is 0. The van der Waals surface area contributed by atoms with E-state index in [0.717, 1.165) is 19.4 Å². The van der Waals surface area contributed by atoms with Crippen molar-refractivity contribution < 1.29 is 19.1 Å². The Morgan fingerprint density at radius 1 is 1.24 bits per heavy atom. The van der Waals surface area contributed by atoms with Crippen molar-refractivity contribution in [3.05, 3.63) is 0 Å². The second-order valence-electron chi connectivity index (χ2n) is 4.03. The largest absolute Gasteiger partial charge is 0.466 e. The Morgan fingerprint density at radius 3 is 2.59 bits per heavy atom. The van der Waals surface area contributed by atoms with Gasteiger partial charge in [0.1, 0.15) is 0 Å². The summed E-state index contributed by atoms with van der Waals surface area (Å²) in [6.45, 7) is 5.11. The van der Waals surface area contributed by atoms with Gasteiger partial charge in [-0.05, 0) is 33.1 Å². The second-order valence-corrected chi connectivity index (χ2v) is 4.03. The molecule has 1 saturated heterocycles. The van der Waals surface area contributed by atoms with Crippen LogP contribution in [-0.2, 0) is 14.3 Å². The van der Waals surface area contributed by atoms with E-state index in [0.29, 0.717) is 26.1 Å². The molecule has 1 rings (SSSR count). The SMILES string of the molecule is CCOC(=O)CC[C@@H]1CCCN1C(=O)OCC. The first-order valence-electron chi connectivity index (χ1n) is 6.28. The fourth-order valence-electron chi connectivity index (χ4n) is 2.10. The molecular weight excluding hydrogens is 222 g/mol. The Bertz CT molecular complexity index is 267. The van der Waals surface area contributed by atoms with Gasteiger partial charge in [0.25, 0.3) is 0 Å². The highest BCUT2D eigenvalue weighted by molar-refractivity contribution is 5.70. The summed E-state index contributed by atoms with van der Waals surface area (Å²) in [5, 5.41) is 0. The number of rotatable bonds is 5. The molecule has 0 radical (unpaired) electrons. The first-order chi connectivity index (χ1) is 8.19. The Morgan fingerprint density at radius 2 is 1.94 bits per heavy atom. The van der Waals surface area contributed by atoms with Crippen LogP contribution in [0.5, 0.6) is 0 Å². The number of carbonyl (C=O) groups is 2. The highest BCUT2D eigenvalue weighted by atomic mass is 16.6. The number of esters is 1. The van der Waals surface area contributed by atoms with Gasteiger partial charge in [-0.15, -0.1) is 0 Å². The topological polar surface area (TPSA) is 55.8 Å². The van der Waals surface area contributed by atoms with E-state index in [1.165, 1.54) is 0 Å². The van der Waals surface area contributed by atoms with Crippen LogP contribution < -0.4 is 0 Å². The van der Waals surface area contributed by atoms with Gasteiger partial charge in [0.15, 0.2) is 0 Å². The number of amides is 1. The minimum Gasteiger partial charge on any atom is -0.466 e. The third-order valence-electron chi connectivity index (χ3n) is 2.87. The Labute approximate surface area is 102 Å². The molecule has 0 aromatic carbocycles. The molecule has 1 atom stereocenters. The molecule has 0 unspecified atom stereocenters. The summed E-state index contributed by atoms with van der Waals surface area (Å²) < 4.78 is 9.85. The zero-order valence-electron chi connectivity index (χ0n) is 10.6. The van der Waals surface area contributed by atoms with Crippen LogP contribution in [0, 0.1) is 0 Å². The van der Waals surface area contributed by atoms with Gasteiger partial charge in [-0.25, -0.2) is 4.79 Å². The molecular formula is C12H21NO4. The fraction of sp³-hybridized carbons (Fsp3) is 0.833. The summed E-state index contributed by atoms with van der Waals surface area (Å²) in [7, 11) is 0. The smallest absolute Gasteiger partial charge is 0.409 e. The van der Waals surface area contributed by atoms with E-state index in [1.807, 2.05) is 0 Å². The second kappa shape index (κ2) is 7.14. The predicted octanol–water partition coefficient (Wildman–Crippen LogP) is 1.95. The van der Waals surface area contributed by atoms with Crippen LogP contribution in [0.1, 0.15) is 39.5 Å². The molecule has 0 bridgehead atoms. The summed E-state index contributed by atoms with van der Waals surface area (Å²) in [4.78, 5) is 24.6. The molecule has 17 heavy (non-hydrogen) atoms. The molecule has 0 spiro atoms. The van der Waals surface area contributed by atoms with Gasteiger partial charge in [-0.1, -0.05) is 0 Å². The molecule has 1 amide bonds. The molecule has 0 aromatic rings. The molecule has 0 saturated carbocycles. The molecule has 1 aliphatic heterocycles. The van der Waals surface area contributed by atoms with Crippen molar-refractivity contribution in [2.45, 2.75) is 45.6 Å². The van der Waals surface area contributed by atoms with Crippen LogP contribution >= 0.6 is 0 Å². The van der Waals surface area contributed by atoms with E-state index in [2.05, 4.69) is 0 Å². The molecule has 5 heteroatoms. The minimum atomic E-state index is -0.265. The molecule has 1 heterocycles. The third kappa shape index (κ3) is 4.24. The van der Waals surface area contributed by atoms with Gasteiger partial charge in [-0.3, -0.25) is 4.79 Å². The Balaban J connectivity index is 2.36. The highest BCUT2D eigenvalue weighted by Gasteiger charge is 2.29. The summed E-state index contributed by atoms with van der Waals surface area (Å²) >= 11 is 0. The molecule has 0 aliphatic carbocycles. The van der Waals surface area contributed by atoms with Crippen molar-refractivity contribution in [3.8, 4) is 0 Å². The summed E-state index contributed by atoms with van der Waals surface area (Å²) in [6.07, 6.45) is 2.69. The molecule has 1 fully saturated rings. The molecule has 0 N–H and O–H groups in total. The maximum atomic E-state index is 11.6. The lowest BCUT2D eigenvalue weighted by atomic mass is 10.1. The number of carbonyl (C=O) groups excluding carboxylic acids is 2. The van der Waals surface area contributed by atoms with Crippen molar-refractivity contribution in [1.82, 2.24) is 4.90 Å². The van der Waals surface area contributed by atoms with Gasteiger partial charge in [-0.2, -0.15) is 0 Å². The van der Waals surface area contributed by atoms with E-state index in [-0.39, 0.29) is 18.1 Å². The zero-order chi connectivity index (χ0) is 12.7. The average molecular weight is 243 g/mol. The van der Waals surface area contributed by atoms with Crippen LogP contribution in [0.3, 0.4) is 0 Å². The minimum absolute atomic E-state index is 0.124. The van der Waals surface area contributed by atoms with Crippen LogP contribution in [0.2, 0.25) is 0 Å². The summed E-state index contributed by atoms with van der Waals surface area (Å²) in [5.74, 6) is -0.191. The molecule has 1 aliphatic rings. The predicted molar refractivity (Wildman–Crippen MR) is 62.6 cm³/mol. The van der Waals surface area contributed by atoms with Crippen LogP contribution in [-0.4, -0.2) is 42.8 Å². The van der Waals surface area contributed by atoms with E-state index >= 15 is 0 Å². The molecule has 98 valence electrons. The van der Waals surface area contributed by atoms with Crippen molar-refractivity contribution >= 4 is 12.1 Å². The zero-order valence-corrected chi connectivity index (χ0v) is 10.6. The highest BCUT2D eigenvalue weighted by Crippen LogP contribution is 2.22.